The van der Waals surface area contributed by atoms with Crippen molar-refractivity contribution in [1.82, 2.24) is 29.7 Å². The standard InChI is InChI=1S/C23H31ClN8O3/c1-5-31(6-2)7-8-32-14-18(11-28-32)29-23-26-12-19(13-27-23)35-15-17-9-16(22(33)30(3)25)10-20(34-4)21(17)24/h9-14H,5-8,15,25H2,1-4H3,(H,26,27,29). The number of rotatable bonds is 12. The average Bonchev–Trinajstić information content (AvgIpc) is 3.31. The predicted octanol–water partition coefficient (Wildman–Crippen LogP) is 2.95. The zero-order valence-corrected chi connectivity index (χ0v) is 21.1. The third-order valence-corrected chi connectivity index (χ3v) is 5.78. The fourth-order valence-electron chi connectivity index (χ4n) is 3.32. The first-order chi connectivity index (χ1) is 16.8. The van der Waals surface area contributed by atoms with Crippen molar-refractivity contribution in [3.05, 3.63) is 53.1 Å². The van der Waals surface area contributed by atoms with Gasteiger partial charge >= 0.3 is 0 Å². The molecule has 0 saturated heterocycles. The van der Waals surface area contributed by atoms with E-state index >= 15 is 0 Å². The van der Waals surface area contributed by atoms with Gasteiger partial charge in [-0.2, -0.15) is 5.10 Å². The number of nitrogens with one attached hydrogen (secondary N) is 1. The molecule has 0 aliphatic heterocycles. The summed E-state index contributed by atoms with van der Waals surface area (Å²) in [6.45, 7) is 8.15. The Kier molecular flexibility index (Phi) is 9.24. The lowest BCUT2D eigenvalue weighted by Crippen LogP contribution is -2.33. The third-order valence-electron chi connectivity index (χ3n) is 5.35. The molecule has 3 N–H and O–H groups in total. The van der Waals surface area contributed by atoms with E-state index in [1.165, 1.54) is 20.2 Å². The van der Waals surface area contributed by atoms with Crippen LogP contribution in [0, 0.1) is 0 Å². The molecule has 0 saturated carbocycles. The summed E-state index contributed by atoms with van der Waals surface area (Å²) in [5.41, 5.74) is 1.70. The summed E-state index contributed by atoms with van der Waals surface area (Å²) in [6, 6.07) is 3.15. The normalized spacial score (nSPS) is 10.9. The molecule has 35 heavy (non-hydrogen) atoms. The number of hydrogen-bond donors (Lipinski definition) is 2. The summed E-state index contributed by atoms with van der Waals surface area (Å²) in [6.07, 6.45) is 6.75. The number of benzene rings is 1. The van der Waals surface area contributed by atoms with Crippen LogP contribution >= 0.6 is 11.6 Å². The first-order valence-corrected chi connectivity index (χ1v) is 11.6. The minimum Gasteiger partial charge on any atom is -0.495 e. The zero-order valence-electron chi connectivity index (χ0n) is 20.4. The van der Waals surface area contributed by atoms with Crippen LogP contribution in [0.25, 0.3) is 0 Å². The summed E-state index contributed by atoms with van der Waals surface area (Å²) < 4.78 is 12.9. The summed E-state index contributed by atoms with van der Waals surface area (Å²) in [4.78, 5) is 23.2. The number of carbonyl (C=O) groups is 1. The Hall–Kier alpha value is -3.41. The Labute approximate surface area is 209 Å². The number of nitrogens with two attached hydrogens (primary N) is 1. The van der Waals surface area contributed by atoms with Crippen LogP contribution in [-0.4, -0.2) is 69.4 Å². The molecule has 0 atom stereocenters. The van der Waals surface area contributed by atoms with Gasteiger partial charge in [-0.05, 0) is 25.2 Å². The minimum absolute atomic E-state index is 0.0834. The van der Waals surface area contributed by atoms with Crippen LogP contribution in [0.5, 0.6) is 11.5 Å². The number of methoxy groups -OCH3 is 1. The van der Waals surface area contributed by atoms with Crippen LogP contribution in [0.15, 0.2) is 36.9 Å². The molecule has 1 amide bonds. The predicted molar refractivity (Wildman–Crippen MR) is 134 cm³/mol. The fourth-order valence-corrected chi connectivity index (χ4v) is 3.56. The van der Waals surface area contributed by atoms with Gasteiger partial charge in [-0.15, -0.1) is 0 Å². The number of nitrogens with zero attached hydrogens (tertiary/aromatic N) is 6. The van der Waals surface area contributed by atoms with Crippen LogP contribution in [0.4, 0.5) is 11.6 Å². The van der Waals surface area contributed by atoms with Gasteiger partial charge in [0.25, 0.3) is 5.91 Å². The van der Waals surface area contributed by atoms with Crippen LogP contribution in [0.3, 0.4) is 0 Å². The van der Waals surface area contributed by atoms with E-state index in [0.717, 1.165) is 36.9 Å². The van der Waals surface area contributed by atoms with Gasteiger partial charge in [-0.3, -0.25) is 14.5 Å². The molecule has 2 aromatic heterocycles. The number of halogens is 1. The van der Waals surface area contributed by atoms with Gasteiger partial charge in [0.1, 0.15) is 12.4 Å². The van der Waals surface area contributed by atoms with E-state index in [-0.39, 0.29) is 12.5 Å². The molecule has 3 aromatic rings. The summed E-state index contributed by atoms with van der Waals surface area (Å²) in [7, 11) is 2.93. The lowest BCUT2D eigenvalue weighted by Gasteiger charge is -2.17. The van der Waals surface area contributed by atoms with Gasteiger partial charge in [0.15, 0.2) is 5.75 Å². The molecule has 0 spiro atoms. The summed E-state index contributed by atoms with van der Waals surface area (Å²) >= 11 is 6.39. The van der Waals surface area contributed by atoms with Gasteiger partial charge in [0, 0.05) is 30.9 Å². The fraction of sp³-hybridized carbons (Fsp3) is 0.391. The van der Waals surface area contributed by atoms with Crippen molar-refractivity contribution in [2.45, 2.75) is 27.0 Å². The first-order valence-electron chi connectivity index (χ1n) is 11.2. The second kappa shape index (κ2) is 12.3. The number of carbonyl (C=O) groups excluding carboxylic acids is 1. The highest BCUT2D eigenvalue weighted by atomic mass is 35.5. The molecule has 0 fully saturated rings. The van der Waals surface area contributed by atoms with Crippen molar-refractivity contribution in [2.75, 3.05) is 39.1 Å². The second-order valence-corrected chi connectivity index (χ2v) is 8.12. The van der Waals surface area contributed by atoms with E-state index < -0.39 is 0 Å². The van der Waals surface area contributed by atoms with Crippen LogP contribution in [0.1, 0.15) is 29.8 Å². The SMILES string of the molecule is CCN(CC)CCn1cc(Nc2ncc(OCc3cc(C(=O)N(C)N)cc(OC)c3Cl)cn2)cn1. The molecule has 0 bridgehead atoms. The molecule has 0 unspecified atom stereocenters. The van der Waals surface area contributed by atoms with Crippen molar-refractivity contribution in [2.24, 2.45) is 5.84 Å². The van der Waals surface area contributed by atoms with Gasteiger partial charge in [-0.1, -0.05) is 25.4 Å². The number of anilines is 2. The Morgan fingerprint density at radius 3 is 2.54 bits per heavy atom. The molecule has 188 valence electrons. The third kappa shape index (κ3) is 7.04. The molecule has 1 aromatic carbocycles. The molecular formula is C23H31ClN8O3. The summed E-state index contributed by atoms with van der Waals surface area (Å²) in [5, 5.41) is 8.84. The monoisotopic (exact) mass is 502 g/mol. The number of aromatic nitrogens is 4. The molecule has 3 rings (SSSR count). The topological polar surface area (TPSA) is 124 Å². The number of hydrogen-bond acceptors (Lipinski definition) is 9. The average molecular weight is 503 g/mol. The van der Waals surface area contributed by atoms with Crippen LogP contribution < -0.4 is 20.6 Å². The quantitative estimate of drug-likeness (QED) is 0.218. The molecule has 0 radical (unpaired) electrons. The number of hydrazine groups is 1. The Morgan fingerprint density at radius 2 is 1.91 bits per heavy atom. The lowest BCUT2D eigenvalue weighted by molar-refractivity contribution is 0.0794. The van der Waals surface area contributed by atoms with E-state index in [9.17, 15) is 4.79 Å². The number of ether oxygens (including phenoxy) is 2. The van der Waals surface area contributed by atoms with Crippen molar-refractivity contribution in [3.8, 4) is 11.5 Å². The molecule has 0 aliphatic carbocycles. The van der Waals surface area contributed by atoms with Crippen molar-refractivity contribution in [1.29, 1.82) is 0 Å². The maximum Gasteiger partial charge on any atom is 0.267 e. The highest BCUT2D eigenvalue weighted by Gasteiger charge is 2.16. The summed E-state index contributed by atoms with van der Waals surface area (Å²) in [5.74, 6) is 6.40. The number of likely N-dealkylation sites (N-methyl/N-ethyl adjacent to an activating group) is 1. The Morgan fingerprint density at radius 1 is 1.20 bits per heavy atom. The maximum absolute atomic E-state index is 12.3. The van der Waals surface area contributed by atoms with E-state index in [4.69, 9.17) is 26.9 Å². The number of amides is 1. The van der Waals surface area contributed by atoms with E-state index in [1.54, 1.807) is 24.7 Å². The van der Waals surface area contributed by atoms with E-state index in [1.807, 2.05) is 10.9 Å². The van der Waals surface area contributed by atoms with Gasteiger partial charge in [0.2, 0.25) is 5.95 Å². The van der Waals surface area contributed by atoms with Crippen LogP contribution in [-0.2, 0) is 13.2 Å². The Bertz CT molecular complexity index is 1120. The molecule has 11 nitrogen and oxygen atoms in total. The van der Waals surface area contributed by atoms with Gasteiger partial charge in [-0.25, -0.2) is 15.8 Å². The minimum atomic E-state index is -0.378. The second-order valence-electron chi connectivity index (χ2n) is 7.74. The zero-order chi connectivity index (χ0) is 25.4. The highest BCUT2D eigenvalue weighted by Crippen LogP contribution is 2.31. The Balaban J connectivity index is 1.61. The maximum atomic E-state index is 12.3. The molecule has 0 aliphatic rings. The van der Waals surface area contributed by atoms with Crippen molar-refractivity contribution < 1.29 is 14.3 Å². The van der Waals surface area contributed by atoms with Crippen molar-refractivity contribution in [3.63, 3.8) is 0 Å². The van der Waals surface area contributed by atoms with Gasteiger partial charge < -0.3 is 19.7 Å². The smallest absolute Gasteiger partial charge is 0.267 e. The first kappa shape index (κ1) is 26.2. The molecule has 2 heterocycles. The largest absolute Gasteiger partial charge is 0.495 e. The van der Waals surface area contributed by atoms with Crippen LogP contribution in [0.2, 0.25) is 5.02 Å². The van der Waals surface area contributed by atoms with E-state index in [0.29, 0.717) is 33.6 Å². The molecular weight excluding hydrogens is 472 g/mol. The molecule has 12 heteroatoms. The lowest BCUT2D eigenvalue weighted by atomic mass is 10.1. The van der Waals surface area contributed by atoms with E-state index in [2.05, 4.69) is 39.1 Å². The highest BCUT2D eigenvalue weighted by molar-refractivity contribution is 6.33. The van der Waals surface area contributed by atoms with Gasteiger partial charge in [0.05, 0.1) is 43.0 Å². The van der Waals surface area contributed by atoms with Crippen molar-refractivity contribution >= 4 is 29.1 Å².